The molecule has 33 heavy (non-hydrogen) atoms. The van der Waals surface area contributed by atoms with E-state index in [1.54, 1.807) is 19.3 Å². The van der Waals surface area contributed by atoms with Crippen molar-refractivity contribution in [3.63, 3.8) is 0 Å². The number of Topliss-reactive ketones (excluding diaryl/α,β-unsaturated/α-hetero) is 1. The summed E-state index contributed by atoms with van der Waals surface area (Å²) in [6, 6.07) is 12.8. The molecular formula is C23H18FN7O2. The molecule has 0 fully saturated rings. The highest BCUT2D eigenvalue weighted by atomic mass is 19.1. The summed E-state index contributed by atoms with van der Waals surface area (Å²) in [6.45, 7) is 0. The minimum atomic E-state index is -0.548. The molecule has 5 rings (SSSR count). The van der Waals surface area contributed by atoms with E-state index in [9.17, 15) is 9.18 Å². The van der Waals surface area contributed by atoms with Crippen LogP contribution in [0.5, 0.6) is 6.01 Å². The maximum atomic E-state index is 14.9. The molecule has 9 nitrogen and oxygen atoms in total. The molecule has 0 bridgehead atoms. The maximum absolute atomic E-state index is 14.9. The first-order valence-electron chi connectivity index (χ1n) is 10.1. The monoisotopic (exact) mass is 443 g/mol. The zero-order valence-corrected chi connectivity index (χ0v) is 17.8. The fourth-order valence-corrected chi connectivity index (χ4v) is 3.59. The molecule has 4 aromatic heterocycles. The number of ketones is 1. The fourth-order valence-electron chi connectivity index (χ4n) is 3.59. The van der Waals surface area contributed by atoms with Gasteiger partial charge in [-0.15, -0.1) is 5.10 Å². The van der Waals surface area contributed by atoms with Crippen molar-refractivity contribution < 1.29 is 13.9 Å². The van der Waals surface area contributed by atoms with Crippen molar-refractivity contribution in [1.82, 2.24) is 34.3 Å². The Morgan fingerprint density at radius 3 is 2.76 bits per heavy atom. The van der Waals surface area contributed by atoms with Crippen molar-refractivity contribution in [2.45, 2.75) is 6.42 Å². The molecule has 4 heterocycles. The minimum Gasteiger partial charge on any atom is -0.467 e. The van der Waals surface area contributed by atoms with E-state index in [1.165, 1.54) is 34.8 Å². The van der Waals surface area contributed by atoms with Crippen LogP contribution in [0, 0.1) is 5.82 Å². The quantitative estimate of drug-likeness (QED) is 0.372. The molecule has 0 radical (unpaired) electrons. The average molecular weight is 443 g/mol. The number of carbonyl (C=O) groups is 1. The van der Waals surface area contributed by atoms with Gasteiger partial charge in [-0.05, 0) is 12.1 Å². The molecule has 0 saturated carbocycles. The second-order valence-corrected chi connectivity index (χ2v) is 7.31. The molecule has 1 aromatic carbocycles. The van der Waals surface area contributed by atoms with Gasteiger partial charge in [-0.3, -0.25) is 9.48 Å². The topological polar surface area (TPSA) is 100 Å². The number of ether oxygens (including phenoxy) is 1. The van der Waals surface area contributed by atoms with Gasteiger partial charge in [-0.1, -0.05) is 30.3 Å². The Morgan fingerprint density at radius 1 is 1.15 bits per heavy atom. The Kier molecular flexibility index (Phi) is 5.09. The standard InChI is InChI=1S/C23H18FN7O2/c1-30-21(16(12-26-30)18-8-9-25-23(27-18)33-2)19(32)10-15-11-20-28-22(14-6-4-3-5-7-14)29-31(20)13-17(15)24/h3-9,11-13H,10H2,1-2H3. The zero-order valence-electron chi connectivity index (χ0n) is 17.8. The number of pyridine rings is 1. The highest BCUT2D eigenvalue weighted by molar-refractivity contribution is 6.01. The number of benzene rings is 1. The lowest BCUT2D eigenvalue weighted by Crippen LogP contribution is -2.12. The van der Waals surface area contributed by atoms with Crippen molar-refractivity contribution in [3.8, 4) is 28.7 Å². The highest BCUT2D eigenvalue weighted by Gasteiger charge is 2.22. The zero-order chi connectivity index (χ0) is 22.9. The van der Waals surface area contributed by atoms with Crippen molar-refractivity contribution in [2.24, 2.45) is 7.05 Å². The van der Waals surface area contributed by atoms with Gasteiger partial charge in [0.25, 0.3) is 0 Å². The van der Waals surface area contributed by atoms with Gasteiger partial charge < -0.3 is 4.74 Å². The largest absolute Gasteiger partial charge is 0.467 e. The van der Waals surface area contributed by atoms with E-state index >= 15 is 0 Å². The van der Waals surface area contributed by atoms with Crippen LogP contribution in [0.25, 0.3) is 28.3 Å². The first kappa shape index (κ1) is 20.4. The molecule has 0 saturated heterocycles. The van der Waals surface area contributed by atoms with Crippen LogP contribution in [0.4, 0.5) is 4.39 Å². The van der Waals surface area contributed by atoms with Crippen molar-refractivity contribution in [2.75, 3.05) is 7.11 Å². The van der Waals surface area contributed by atoms with Crippen LogP contribution in [-0.4, -0.2) is 47.2 Å². The molecule has 10 heteroatoms. The number of aryl methyl sites for hydroxylation is 1. The van der Waals surface area contributed by atoms with Crippen LogP contribution >= 0.6 is 0 Å². The molecule has 0 unspecified atom stereocenters. The second kappa shape index (κ2) is 8.23. The van der Waals surface area contributed by atoms with Crippen LogP contribution < -0.4 is 4.74 Å². The third-order valence-corrected chi connectivity index (χ3v) is 5.18. The summed E-state index contributed by atoms with van der Waals surface area (Å²) in [5, 5.41) is 8.53. The number of rotatable bonds is 6. The highest BCUT2D eigenvalue weighted by Crippen LogP contribution is 2.25. The normalized spacial score (nSPS) is 11.1. The Morgan fingerprint density at radius 2 is 1.97 bits per heavy atom. The fraction of sp³-hybridized carbons (Fsp3) is 0.130. The van der Waals surface area contributed by atoms with Gasteiger partial charge in [0.05, 0.1) is 25.2 Å². The van der Waals surface area contributed by atoms with E-state index in [4.69, 9.17) is 4.74 Å². The van der Waals surface area contributed by atoms with Crippen LogP contribution in [0.1, 0.15) is 16.1 Å². The first-order chi connectivity index (χ1) is 16.0. The third kappa shape index (κ3) is 3.82. The summed E-state index contributed by atoms with van der Waals surface area (Å²) >= 11 is 0. The summed E-state index contributed by atoms with van der Waals surface area (Å²) < 4.78 is 22.7. The van der Waals surface area contributed by atoms with E-state index in [1.807, 2.05) is 30.3 Å². The summed E-state index contributed by atoms with van der Waals surface area (Å²) in [5.41, 5.74) is 2.79. The summed E-state index contributed by atoms with van der Waals surface area (Å²) in [5.74, 6) is -0.383. The van der Waals surface area contributed by atoms with E-state index in [-0.39, 0.29) is 23.8 Å². The van der Waals surface area contributed by atoms with Gasteiger partial charge in [0, 0.05) is 36.4 Å². The molecule has 0 aliphatic heterocycles. The Hall–Kier alpha value is -4.47. The van der Waals surface area contributed by atoms with E-state index in [2.05, 4.69) is 25.1 Å². The lowest BCUT2D eigenvalue weighted by Gasteiger charge is -2.07. The smallest absolute Gasteiger partial charge is 0.316 e. The lowest BCUT2D eigenvalue weighted by molar-refractivity contribution is 0.0983. The molecule has 0 aliphatic carbocycles. The molecule has 0 atom stereocenters. The average Bonchev–Trinajstić information content (AvgIpc) is 3.43. The Bertz CT molecular complexity index is 1480. The summed E-state index contributed by atoms with van der Waals surface area (Å²) in [4.78, 5) is 26.0. The Labute approximate surface area is 187 Å². The van der Waals surface area contributed by atoms with Gasteiger partial charge >= 0.3 is 6.01 Å². The number of nitrogens with zero attached hydrogens (tertiary/aromatic N) is 7. The number of hydrogen-bond donors (Lipinski definition) is 0. The summed E-state index contributed by atoms with van der Waals surface area (Å²) in [6.07, 6.45) is 4.13. The van der Waals surface area contributed by atoms with Crippen molar-refractivity contribution >= 4 is 11.4 Å². The van der Waals surface area contributed by atoms with Crippen LogP contribution in [0.3, 0.4) is 0 Å². The predicted octanol–water partition coefficient (Wildman–Crippen LogP) is 3.16. The van der Waals surface area contributed by atoms with Crippen molar-refractivity contribution in [3.05, 3.63) is 78.1 Å². The van der Waals surface area contributed by atoms with Crippen LogP contribution in [0.2, 0.25) is 0 Å². The molecule has 0 N–H and O–H groups in total. The van der Waals surface area contributed by atoms with E-state index in [0.29, 0.717) is 28.4 Å². The number of halogens is 1. The predicted molar refractivity (Wildman–Crippen MR) is 117 cm³/mol. The van der Waals surface area contributed by atoms with Gasteiger partial charge in [0.15, 0.2) is 17.3 Å². The molecule has 5 aromatic rings. The van der Waals surface area contributed by atoms with Gasteiger partial charge in [0.1, 0.15) is 11.5 Å². The molecule has 164 valence electrons. The lowest BCUT2D eigenvalue weighted by atomic mass is 10.0. The van der Waals surface area contributed by atoms with E-state index in [0.717, 1.165) is 5.56 Å². The number of methoxy groups -OCH3 is 1. The van der Waals surface area contributed by atoms with Crippen molar-refractivity contribution in [1.29, 1.82) is 0 Å². The second-order valence-electron chi connectivity index (χ2n) is 7.31. The molecule has 0 aliphatic rings. The van der Waals surface area contributed by atoms with Crippen LogP contribution in [0.15, 0.2) is 61.1 Å². The SMILES string of the molecule is COc1nccc(-c2cnn(C)c2C(=O)Cc2cc3nc(-c4ccccc4)nn3cc2F)n1. The minimum absolute atomic E-state index is 0.173. The number of aromatic nitrogens is 7. The van der Waals surface area contributed by atoms with Gasteiger partial charge in [-0.25, -0.2) is 18.9 Å². The molecular weight excluding hydrogens is 425 g/mol. The molecule has 0 amide bonds. The van der Waals surface area contributed by atoms with Crippen LogP contribution in [-0.2, 0) is 13.5 Å². The van der Waals surface area contributed by atoms with Gasteiger partial charge in [0.2, 0.25) is 0 Å². The number of hydrogen-bond acceptors (Lipinski definition) is 7. The summed E-state index contributed by atoms with van der Waals surface area (Å²) in [7, 11) is 3.11. The first-order valence-corrected chi connectivity index (χ1v) is 10.1. The Balaban J connectivity index is 1.48. The third-order valence-electron chi connectivity index (χ3n) is 5.18. The van der Waals surface area contributed by atoms with Gasteiger partial charge in [-0.2, -0.15) is 10.1 Å². The number of carbonyl (C=O) groups excluding carboxylic acids is 1. The molecule has 0 spiro atoms. The maximum Gasteiger partial charge on any atom is 0.316 e. The number of fused-ring (bicyclic) bond motifs is 1. The van der Waals surface area contributed by atoms with E-state index < -0.39 is 5.82 Å².